The summed E-state index contributed by atoms with van der Waals surface area (Å²) in [5, 5.41) is 7.35. The fourth-order valence-electron chi connectivity index (χ4n) is 2.95. The van der Waals surface area contributed by atoms with E-state index in [4.69, 9.17) is 0 Å². The normalized spacial score (nSPS) is 11.5. The molecule has 0 aliphatic carbocycles. The first-order valence-electron chi connectivity index (χ1n) is 9.50. The summed E-state index contributed by atoms with van der Waals surface area (Å²) in [5.41, 5.74) is 1.04. The van der Waals surface area contributed by atoms with E-state index in [0.29, 0.717) is 23.9 Å². The smallest absolute Gasteiger partial charge is 0.296 e. The van der Waals surface area contributed by atoms with Gasteiger partial charge in [-0.05, 0) is 36.8 Å². The molecular weight excluding hydrogens is 441 g/mol. The number of carbonyl (C=O) groups is 1. The Bertz CT molecular complexity index is 1230. The van der Waals surface area contributed by atoms with E-state index in [1.165, 1.54) is 23.5 Å². The van der Waals surface area contributed by atoms with Gasteiger partial charge in [-0.3, -0.25) is 14.8 Å². The van der Waals surface area contributed by atoms with Gasteiger partial charge in [0.15, 0.2) is 10.8 Å². The number of carbonyl (C=O) groups excluding carboxylic acids is 1. The van der Waals surface area contributed by atoms with Gasteiger partial charge < -0.3 is 0 Å². The van der Waals surface area contributed by atoms with E-state index in [1.54, 1.807) is 42.3 Å². The summed E-state index contributed by atoms with van der Waals surface area (Å²) >= 11 is 1.25. The molecule has 32 heavy (non-hydrogen) atoms. The van der Waals surface area contributed by atoms with Crippen LogP contribution in [0, 0.1) is 6.92 Å². The van der Waals surface area contributed by atoms with Crippen molar-refractivity contribution in [2.24, 2.45) is 0 Å². The van der Waals surface area contributed by atoms with Gasteiger partial charge in [-0.2, -0.15) is 18.3 Å². The Hall–Kier alpha value is -3.60. The van der Waals surface area contributed by atoms with Gasteiger partial charge in [0.1, 0.15) is 5.82 Å². The van der Waals surface area contributed by atoms with E-state index in [1.807, 2.05) is 0 Å². The van der Waals surface area contributed by atoms with Gasteiger partial charge >= 0.3 is 6.18 Å². The zero-order valence-electron chi connectivity index (χ0n) is 16.8. The molecule has 3 heterocycles. The van der Waals surface area contributed by atoms with Crippen LogP contribution in [0.1, 0.15) is 38.0 Å². The van der Waals surface area contributed by atoms with Crippen molar-refractivity contribution in [1.82, 2.24) is 24.7 Å². The largest absolute Gasteiger partial charge is 0.416 e. The molecule has 0 spiro atoms. The number of benzene rings is 1. The molecule has 0 unspecified atom stereocenters. The fourth-order valence-corrected chi connectivity index (χ4v) is 3.79. The molecule has 4 rings (SSSR count). The Morgan fingerprint density at radius 3 is 2.62 bits per heavy atom. The van der Waals surface area contributed by atoms with E-state index in [0.717, 1.165) is 28.3 Å². The van der Waals surface area contributed by atoms with E-state index in [2.05, 4.69) is 25.4 Å². The number of amides is 1. The molecule has 164 valence electrons. The second kappa shape index (κ2) is 8.87. The number of nitrogens with one attached hydrogen (secondary N) is 1. The van der Waals surface area contributed by atoms with E-state index >= 15 is 0 Å². The van der Waals surface area contributed by atoms with E-state index in [9.17, 15) is 18.0 Å². The summed E-state index contributed by atoms with van der Waals surface area (Å²) in [6.07, 6.45) is 0.998. The quantitative estimate of drug-likeness (QED) is 0.464. The standard InChI is InChI=1S/C21H17F3N6OS/c1-13-25-8-6-16(27-13)12-30-9-7-18(29-30)19(31)28-20-26-11-17(32-20)10-14-2-4-15(5-3-14)21(22,23)24/h2-9,11H,10,12H2,1H3,(H,26,28,31). The lowest BCUT2D eigenvalue weighted by Crippen LogP contribution is -2.13. The molecule has 0 aliphatic rings. The molecule has 0 bridgehead atoms. The Labute approximate surface area is 185 Å². The predicted molar refractivity (Wildman–Crippen MR) is 112 cm³/mol. The maximum atomic E-state index is 12.7. The van der Waals surface area contributed by atoms with Crippen LogP contribution in [0.3, 0.4) is 0 Å². The number of rotatable bonds is 6. The van der Waals surface area contributed by atoms with E-state index in [-0.39, 0.29) is 5.69 Å². The number of aromatic nitrogens is 5. The SMILES string of the molecule is Cc1nccc(Cn2ccc(C(=O)Nc3ncc(Cc4ccc(C(F)(F)F)cc4)s3)n2)n1. The number of halogens is 3. The maximum absolute atomic E-state index is 12.7. The minimum absolute atomic E-state index is 0.232. The molecule has 0 saturated heterocycles. The highest BCUT2D eigenvalue weighted by Gasteiger charge is 2.29. The first-order chi connectivity index (χ1) is 15.3. The predicted octanol–water partition coefficient (Wildman–Crippen LogP) is 4.35. The van der Waals surface area contributed by atoms with Crippen LogP contribution in [-0.2, 0) is 19.1 Å². The average molecular weight is 458 g/mol. The van der Waals surface area contributed by atoms with Gasteiger partial charge in [-0.1, -0.05) is 12.1 Å². The minimum Gasteiger partial charge on any atom is -0.296 e. The van der Waals surface area contributed by atoms with Gasteiger partial charge in [0.2, 0.25) is 0 Å². The number of nitrogens with zero attached hydrogens (tertiary/aromatic N) is 5. The van der Waals surface area contributed by atoms with E-state index < -0.39 is 17.6 Å². The molecule has 1 amide bonds. The van der Waals surface area contributed by atoms with Crippen molar-refractivity contribution in [1.29, 1.82) is 0 Å². The van der Waals surface area contributed by atoms with Crippen LogP contribution in [-0.4, -0.2) is 30.6 Å². The molecule has 0 atom stereocenters. The number of anilines is 1. The Morgan fingerprint density at radius 1 is 1.12 bits per heavy atom. The molecule has 0 saturated carbocycles. The molecule has 7 nitrogen and oxygen atoms in total. The molecule has 1 aromatic carbocycles. The zero-order chi connectivity index (χ0) is 22.7. The zero-order valence-corrected chi connectivity index (χ0v) is 17.6. The topological polar surface area (TPSA) is 85.6 Å². The van der Waals surface area contributed by atoms with Crippen LogP contribution in [0.2, 0.25) is 0 Å². The highest BCUT2D eigenvalue weighted by molar-refractivity contribution is 7.15. The van der Waals surface area contributed by atoms with Crippen molar-refractivity contribution < 1.29 is 18.0 Å². The molecule has 4 aromatic rings. The molecule has 0 aliphatic heterocycles. The highest BCUT2D eigenvalue weighted by atomic mass is 32.1. The van der Waals surface area contributed by atoms with Crippen molar-refractivity contribution in [2.75, 3.05) is 5.32 Å². The van der Waals surface area contributed by atoms with Crippen LogP contribution >= 0.6 is 11.3 Å². The molecular formula is C21H17F3N6OS. The molecule has 3 aromatic heterocycles. The van der Waals surface area contributed by atoms with Crippen molar-refractivity contribution in [3.05, 3.63) is 88.2 Å². The minimum atomic E-state index is -4.36. The third-order valence-corrected chi connectivity index (χ3v) is 5.38. The summed E-state index contributed by atoms with van der Waals surface area (Å²) in [4.78, 5) is 25.8. The molecule has 0 radical (unpaired) electrons. The number of aryl methyl sites for hydroxylation is 1. The van der Waals surface area contributed by atoms with Gasteiger partial charge in [0, 0.05) is 29.9 Å². The van der Waals surface area contributed by atoms with Crippen molar-refractivity contribution in [2.45, 2.75) is 26.1 Å². The van der Waals surface area contributed by atoms with Gasteiger partial charge in [0.05, 0.1) is 17.8 Å². The lowest BCUT2D eigenvalue weighted by Gasteiger charge is -2.06. The molecule has 11 heteroatoms. The maximum Gasteiger partial charge on any atom is 0.416 e. The number of thiazole rings is 1. The fraction of sp³-hybridized carbons (Fsp3) is 0.190. The summed E-state index contributed by atoms with van der Waals surface area (Å²) in [7, 11) is 0. The van der Waals surface area contributed by atoms with Crippen molar-refractivity contribution in [3.63, 3.8) is 0 Å². The Balaban J connectivity index is 1.36. The molecule has 0 fully saturated rings. The number of alkyl halides is 3. The first kappa shape index (κ1) is 21.6. The first-order valence-corrected chi connectivity index (χ1v) is 10.3. The number of hydrogen-bond acceptors (Lipinski definition) is 6. The Morgan fingerprint density at radius 2 is 1.91 bits per heavy atom. The van der Waals surface area contributed by atoms with Crippen LogP contribution in [0.5, 0.6) is 0 Å². The van der Waals surface area contributed by atoms with Crippen molar-refractivity contribution in [3.8, 4) is 0 Å². The highest BCUT2D eigenvalue weighted by Crippen LogP contribution is 2.30. The van der Waals surface area contributed by atoms with Gasteiger partial charge in [-0.25, -0.2) is 15.0 Å². The number of hydrogen-bond donors (Lipinski definition) is 1. The van der Waals surface area contributed by atoms with Crippen LogP contribution in [0.15, 0.2) is 55.0 Å². The third-order valence-electron chi connectivity index (χ3n) is 4.46. The third kappa shape index (κ3) is 5.35. The average Bonchev–Trinajstić information content (AvgIpc) is 3.37. The van der Waals surface area contributed by atoms with Crippen LogP contribution in [0.4, 0.5) is 18.3 Å². The summed E-state index contributed by atoms with van der Waals surface area (Å²) in [6.45, 7) is 2.20. The lowest BCUT2D eigenvalue weighted by molar-refractivity contribution is -0.137. The molecule has 1 N–H and O–H groups in total. The van der Waals surface area contributed by atoms with Crippen molar-refractivity contribution >= 4 is 22.4 Å². The monoisotopic (exact) mass is 458 g/mol. The second-order valence-corrected chi connectivity index (χ2v) is 8.07. The van der Waals surface area contributed by atoms with Gasteiger partial charge in [-0.15, -0.1) is 11.3 Å². The Kier molecular flexibility index (Phi) is 5.99. The van der Waals surface area contributed by atoms with Crippen LogP contribution in [0.25, 0.3) is 0 Å². The lowest BCUT2D eigenvalue weighted by atomic mass is 10.1. The summed E-state index contributed by atoms with van der Waals surface area (Å²) in [5.74, 6) is 0.251. The second-order valence-electron chi connectivity index (χ2n) is 6.95. The summed E-state index contributed by atoms with van der Waals surface area (Å²) < 4.78 is 39.6. The van der Waals surface area contributed by atoms with Crippen LogP contribution < -0.4 is 5.32 Å². The van der Waals surface area contributed by atoms with Gasteiger partial charge in [0.25, 0.3) is 5.91 Å². The summed E-state index contributed by atoms with van der Waals surface area (Å²) in [6, 6.07) is 8.36.